The van der Waals surface area contributed by atoms with Gasteiger partial charge in [-0.1, -0.05) is 36.4 Å². The number of benzene rings is 2. The molecule has 4 nitrogen and oxygen atoms in total. The van der Waals surface area contributed by atoms with E-state index in [-0.39, 0.29) is 27.7 Å². The number of carbonyl (C=O) groups is 1. The Labute approximate surface area is 121 Å². The number of carbonyl (C=O) groups excluding carboxylic acids is 1. The molecule has 0 bridgehead atoms. The summed E-state index contributed by atoms with van der Waals surface area (Å²) < 4.78 is 0. The molecule has 2 aliphatic carbocycles. The van der Waals surface area contributed by atoms with Gasteiger partial charge in [-0.3, -0.25) is 14.9 Å². The van der Waals surface area contributed by atoms with E-state index in [1.807, 2.05) is 30.3 Å². The molecule has 21 heavy (non-hydrogen) atoms. The second kappa shape index (κ2) is 4.01. The standard InChI is InChI=1S/C17H13NO3/c19-16-14-7-2-1-4-12(14)9-17(16)10-15(17)11-5-3-6-13(8-11)18(20)21/h1-8,15H,9-10H2/t15-,17-/m1/s1. The smallest absolute Gasteiger partial charge is 0.269 e. The fourth-order valence-electron chi connectivity index (χ4n) is 3.63. The van der Waals surface area contributed by atoms with E-state index < -0.39 is 0 Å². The number of nitro groups is 1. The van der Waals surface area contributed by atoms with Gasteiger partial charge in [0, 0.05) is 23.1 Å². The van der Waals surface area contributed by atoms with Gasteiger partial charge in [-0.25, -0.2) is 0 Å². The zero-order chi connectivity index (χ0) is 14.6. The molecule has 0 unspecified atom stereocenters. The maximum atomic E-state index is 12.6. The number of non-ortho nitro benzene ring substituents is 1. The summed E-state index contributed by atoms with van der Waals surface area (Å²) in [6, 6.07) is 14.4. The Morgan fingerprint density at radius 2 is 1.95 bits per heavy atom. The minimum absolute atomic E-state index is 0.0949. The van der Waals surface area contributed by atoms with Gasteiger partial charge in [-0.15, -0.1) is 0 Å². The number of fused-ring (bicyclic) bond motifs is 1. The highest BCUT2D eigenvalue weighted by Gasteiger charge is 2.63. The summed E-state index contributed by atoms with van der Waals surface area (Å²) >= 11 is 0. The van der Waals surface area contributed by atoms with Crippen molar-refractivity contribution in [2.24, 2.45) is 5.41 Å². The van der Waals surface area contributed by atoms with Crippen LogP contribution in [0.15, 0.2) is 48.5 Å². The van der Waals surface area contributed by atoms with E-state index in [0.717, 1.165) is 29.5 Å². The minimum Gasteiger partial charge on any atom is -0.294 e. The number of hydrogen-bond acceptors (Lipinski definition) is 3. The third kappa shape index (κ3) is 1.65. The van der Waals surface area contributed by atoms with E-state index in [2.05, 4.69) is 0 Å². The second-order valence-corrected chi connectivity index (χ2v) is 5.93. The van der Waals surface area contributed by atoms with Crippen LogP contribution in [-0.4, -0.2) is 10.7 Å². The van der Waals surface area contributed by atoms with Crippen LogP contribution in [0.2, 0.25) is 0 Å². The molecule has 104 valence electrons. The molecule has 0 aromatic heterocycles. The van der Waals surface area contributed by atoms with Crippen LogP contribution in [0.25, 0.3) is 0 Å². The number of ketones is 1. The first-order chi connectivity index (χ1) is 10.1. The Kier molecular flexibility index (Phi) is 2.34. The van der Waals surface area contributed by atoms with Gasteiger partial charge in [0.2, 0.25) is 0 Å². The molecule has 2 atom stereocenters. The molecule has 1 spiro atoms. The maximum absolute atomic E-state index is 12.6. The quantitative estimate of drug-likeness (QED) is 0.624. The van der Waals surface area contributed by atoms with Gasteiger partial charge >= 0.3 is 0 Å². The van der Waals surface area contributed by atoms with Crippen LogP contribution in [0.3, 0.4) is 0 Å². The predicted molar refractivity (Wildman–Crippen MR) is 77.4 cm³/mol. The summed E-state index contributed by atoms with van der Waals surface area (Å²) in [7, 11) is 0. The van der Waals surface area contributed by atoms with Gasteiger partial charge in [0.05, 0.1) is 4.92 Å². The molecule has 2 aromatic carbocycles. The number of nitro benzene ring substituents is 1. The van der Waals surface area contributed by atoms with Crippen LogP contribution < -0.4 is 0 Å². The molecule has 0 N–H and O–H groups in total. The van der Waals surface area contributed by atoms with Gasteiger partial charge in [-0.2, -0.15) is 0 Å². The number of rotatable bonds is 2. The third-order valence-corrected chi connectivity index (χ3v) is 4.78. The molecule has 4 heteroatoms. The zero-order valence-corrected chi connectivity index (χ0v) is 11.3. The lowest BCUT2D eigenvalue weighted by Gasteiger charge is -2.07. The molecule has 2 aromatic rings. The van der Waals surface area contributed by atoms with E-state index in [1.165, 1.54) is 6.07 Å². The molecular weight excluding hydrogens is 266 g/mol. The van der Waals surface area contributed by atoms with E-state index >= 15 is 0 Å². The first-order valence-electron chi connectivity index (χ1n) is 6.99. The highest BCUT2D eigenvalue weighted by atomic mass is 16.6. The summed E-state index contributed by atoms with van der Waals surface area (Å²) in [6.07, 6.45) is 1.55. The molecule has 0 amide bonds. The van der Waals surface area contributed by atoms with Crippen molar-refractivity contribution in [3.8, 4) is 0 Å². The number of hydrogen-bond donors (Lipinski definition) is 0. The maximum Gasteiger partial charge on any atom is 0.269 e. The summed E-state index contributed by atoms with van der Waals surface area (Å²) in [4.78, 5) is 23.2. The monoisotopic (exact) mass is 279 g/mol. The summed E-state index contributed by atoms with van der Waals surface area (Å²) in [6.45, 7) is 0. The van der Waals surface area contributed by atoms with Crippen molar-refractivity contribution in [2.75, 3.05) is 0 Å². The molecule has 0 radical (unpaired) electrons. The van der Waals surface area contributed by atoms with Gasteiger partial charge < -0.3 is 0 Å². The Hall–Kier alpha value is -2.49. The third-order valence-electron chi connectivity index (χ3n) is 4.78. The Morgan fingerprint density at radius 1 is 1.14 bits per heavy atom. The second-order valence-electron chi connectivity index (χ2n) is 5.93. The molecule has 1 saturated carbocycles. The van der Waals surface area contributed by atoms with E-state index in [4.69, 9.17) is 0 Å². The fourth-order valence-corrected chi connectivity index (χ4v) is 3.63. The van der Waals surface area contributed by atoms with Crippen LogP contribution >= 0.6 is 0 Å². The number of Topliss-reactive ketones (excluding diaryl/α,β-unsaturated/α-hetero) is 1. The van der Waals surface area contributed by atoms with E-state index in [0.29, 0.717) is 0 Å². The van der Waals surface area contributed by atoms with Crippen molar-refractivity contribution in [2.45, 2.75) is 18.8 Å². The number of nitrogens with zero attached hydrogens (tertiary/aromatic N) is 1. The first kappa shape index (κ1) is 12.3. The average Bonchev–Trinajstić information content (AvgIpc) is 3.15. The predicted octanol–water partition coefficient (Wildman–Crippen LogP) is 3.51. The van der Waals surface area contributed by atoms with Gasteiger partial charge in [0.1, 0.15) is 0 Å². The van der Waals surface area contributed by atoms with E-state index in [9.17, 15) is 14.9 Å². The first-order valence-corrected chi connectivity index (χ1v) is 6.99. The molecule has 0 saturated heterocycles. The molecule has 0 aliphatic heterocycles. The van der Waals surface area contributed by atoms with Crippen molar-refractivity contribution in [3.05, 3.63) is 75.3 Å². The van der Waals surface area contributed by atoms with Crippen molar-refractivity contribution in [3.63, 3.8) is 0 Å². The Balaban J connectivity index is 1.69. The molecule has 4 rings (SSSR count). The lowest BCUT2D eigenvalue weighted by molar-refractivity contribution is -0.384. The zero-order valence-electron chi connectivity index (χ0n) is 11.3. The van der Waals surface area contributed by atoms with Gasteiger partial charge in [-0.05, 0) is 29.9 Å². The SMILES string of the molecule is O=C1c2ccccc2C[C@]12C[C@@H]2c1cccc([N+](=O)[O-])c1. The average molecular weight is 279 g/mol. The lowest BCUT2D eigenvalue weighted by atomic mass is 9.95. The molecular formula is C17H13NO3. The summed E-state index contributed by atoms with van der Waals surface area (Å²) in [5.41, 5.74) is 2.59. The summed E-state index contributed by atoms with van der Waals surface area (Å²) in [5.74, 6) is 0.312. The van der Waals surface area contributed by atoms with E-state index in [1.54, 1.807) is 12.1 Å². The Bertz CT molecular complexity index is 783. The Morgan fingerprint density at radius 3 is 2.71 bits per heavy atom. The highest BCUT2D eigenvalue weighted by Crippen LogP contribution is 2.65. The molecule has 0 heterocycles. The highest BCUT2D eigenvalue weighted by molar-refractivity contribution is 6.07. The molecule has 1 fully saturated rings. The molecule has 2 aliphatic rings. The van der Waals surface area contributed by atoms with Gasteiger partial charge in [0.25, 0.3) is 5.69 Å². The van der Waals surface area contributed by atoms with Crippen LogP contribution in [-0.2, 0) is 6.42 Å². The summed E-state index contributed by atoms with van der Waals surface area (Å²) in [5, 5.41) is 10.9. The normalized spacial score (nSPS) is 25.9. The van der Waals surface area contributed by atoms with Gasteiger partial charge in [0.15, 0.2) is 5.78 Å². The van der Waals surface area contributed by atoms with Crippen molar-refractivity contribution < 1.29 is 9.72 Å². The van der Waals surface area contributed by atoms with Crippen molar-refractivity contribution >= 4 is 11.5 Å². The largest absolute Gasteiger partial charge is 0.294 e. The van der Waals surface area contributed by atoms with Crippen LogP contribution in [0, 0.1) is 15.5 Å². The van der Waals surface area contributed by atoms with Crippen LogP contribution in [0.4, 0.5) is 5.69 Å². The van der Waals surface area contributed by atoms with Crippen molar-refractivity contribution in [1.29, 1.82) is 0 Å². The van der Waals surface area contributed by atoms with Crippen LogP contribution in [0.5, 0.6) is 0 Å². The minimum atomic E-state index is -0.385. The topological polar surface area (TPSA) is 60.2 Å². The van der Waals surface area contributed by atoms with Crippen molar-refractivity contribution in [1.82, 2.24) is 0 Å². The van der Waals surface area contributed by atoms with Crippen LogP contribution in [0.1, 0.15) is 33.8 Å². The fraction of sp³-hybridized carbons (Fsp3) is 0.235. The lowest BCUT2D eigenvalue weighted by Crippen LogP contribution is -2.12.